The summed E-state index contributed by atoms with van der Waals surface area (Å²) in [5, 5.41) is 9.80. The molecule has 2 nitrogen and oxygen atoms in total. The molecule has 0 fully saturated rings. The zero-order valence-corrected chi connectivity index (χ0v) is 10.9. The van der Waals surface area contributed by atoms with Crippen molar-refractivity contribution in [3.63, 3.8) is 0 Å². The average Bonchev–Trinajstić information content (AvgIpc) is 2.17. The van der Waals surface area contributed by atoms with Crippen LogP contribution < -0.4 is 0 Å². The topological polar surface area (TPSA) is 37.3 Å². The maximum atomic E-state index is 10.7. The molecule has 0 aromatic heterocycles. The van der Waals surface area contributed by atoms with Gasteiger partial charge >= 0.3 is 17.1 Å². The van der Waals surface area contributed by atoms with E-state index in [9.17, 15) is 9.90 Å². The standard InChI is InChI=1S/C13H17O2.Cu/c1-8(2)10-5-11(7-14)13(15)12(6-10)9(3)4;/h5-6,8-9,15H,1-4H3;/q-1;+1. The molecule has 0 spiro atoms. The Morgan fingerprint density at radius 2 is 1.69 bits per heavy atom. The molecule has 0 radical (unpaired) electrons. The molecular weight excluding hydrogens is 252 g/mol. The van der Waals surface area contributed by atoms with Crippen LogP contribution in [0.15, 0.2) is 12.1 Å². The van der Waals surface area contributed by atoms with E-state index in [1.807, 2.05) is 19.9 Å². The van der Waals surface area contributed by atoms with Crippen LogP contribution in [0.5, 0.6) is 5.75 Å². The van der Waals surface area contributed by atoms with Crippen LogP contribution in [0, 0.1) is 0 Å². The van der Waals surface area contributed by atoms with Crippen LogP contribution in [0.4, 0.5) is 0 Å². The normalized spacial score (nSPS) is 10.4. The van der Waals surface area contributed by atoms with Crippen LogP contribution in [0.1, 0.15) is 56.2 Å². The smallest absolute Gasteiger partial charge is 0.565 e. The predicted molar refractivity (Wildman–Crippen MR) is 61.1 cm³/mol. The van der Waals surface area contributed by atoms with Crippen LogP contribution in [-0.2, 0) is 21.9 Å². The van der Waals surface area contributed by atoms with Crippen molar-refractivity contribution >= 4 is 6.29 Å². The van der Waals surface area contributed by atoms with Crippen molar-refractivity contribution in [1.82, 2.24) is 0 Å². The van der Waals surface area contributed by atoms with E-state index in [2.05, 4.69) is 13.8 Å². The Bertz CT molecular complexity index is 370. The van der Waals surface area contributed by atoms with E-state index in [4.69, 9.17) is 0 Å². The molecule has 0 unspecified atom stereocenters. The first-order chi connectivity index (χ1) is 6.97. The summed E-state index contributed by atoms with van der Waals surface area (Å²) in [4.78, 5) is 10.7. The van der Waals surface area contributed by atoms with E-state index < -0.39 is 0 Å². The number of hydrogen-bond acceptors (Lipinski definition) is 2. The van der Waals surface area contributed by atoms with Gasteiger partial charge in [0.05, 0.1) is 6.29 Å². The van der Waals surface area contributed by atoms with Crippen molar-refractivity contribution in [3.05, 3.63) is 28.8 Å². The van der Waals surface area contributed by atoms with Crippen molar-refractivity contribution in [1.29, 1.82) is 0 Å². The first kappa shape index (κ1) is 15.2. The van der Waals surface area contributed by atoms with Crippen molar-refractivity contribution in [2.75, 3.05) is 0 Å². The summed E-state index contributed by atoms with van der Waals surface area (Å²) in [6.07, 6.45) is 1.79. The molecular formula is C13H17CuO2. The molecule has 0 aliphatic heterocycles. The molecule has 0 heterocycles. The van der Waals surface area contributed by atoms with Gasteiger partial charge in [0.15, 0.2) is 0 Å². The summed E-state index contributed by atoms with van der Waals surface area (Å²) in [5.74, 6) is 0.621. The number of hydrogen-bond donors (Lipinski definition) is 1. The third-order valence-corrected chi connectivity index (χ3v) is 2.56. The Hall–Kier alpha value is -0.791. The van der Waals surface area contributed by atoms with Gasteiger partial charge in [0, 0.05) is 5.75 Å². The Morgan fingerprint density at radius 1 is 1.12 bits per heavy atom. The van der Waals surface area contributed by atoms with Gasteiger partial charge in [0.1, 0.15) is 0 Å². The van der Waals surface area contributed by atoms with Gasteiger partial charge in [0.25, 0.3) is 0 Å². The number of benzene rings is 1. The number of phenols is 1. The predicted octanol–water partition coefficient (Wildman–Crippen LogP) is 3.09. The number of carbonyl (C=O) groups excluding carboxylic acids is 1. The number of rotatable bonds is 3. The molecule has 0 amide bonds. The monoisotopic (exact) mass is 268 g/mol. The Morgan fingerprint density at radius 3 is 2.06 bits per heavy atom. The summed E-state index contributed by atoms with van der Waals surface area (Å²) < 4.78 is 0. The maximum Gasteiger partial charge on any atom is 1.00 e. The minimum Gasteiger partial charge on any atom is -0.565 e. The molecule has 1 rings (SSSR count). The van der Waals surface area contributed by atoms with Gasteiger partial charge in [0.2, 0.25) is 0 Å². The van der Waals surface area contributed by atoms with E-state index in [0.29, 0.717) is 5.92 Å². The summed E-state index contributed by atoms with van der Waals surface area (Å²) in [5.41, 5.74) is 2.15. The van der Waals surface area contributed by atoms with Gasteiger partial charge in [-0.2, -0.15) is 6.07 Å². The SMILES string of the molecule is CC(C)c1cc([C-]=O)c(O)c(C(C)C)c1.[Cu+]. The van der Waals surface area contributed by atoms with E-state index >= 15 is 0 Å². The van der Waals surface area contributed by atoms with Crippen LogP contribution in [0.2, 0.25) is 0 Å². The first-order valence-electron chi connectivity index (χ1n) is 5.22. The van der Waals surface area contributed by atoms with Gasteiger partial charge in [-0.05, 0) is 11.8 Å². The van der Waals surface area contributed by atoms with Crippen molar-refractivity contribution in [3.8, 4) is 5.75 Å². The second-order valence-corrected chi connectivity index (χ2v) is 4.42. The fraction of sp³-hybridized carbons (Fsp3) is 0.462. The van der Waals surface area contributed by atoms with Crippen LogP contribution >= 0.6 is 0 Å². The largest absolute Gasteiger partial charge is 1.00 e. The van der Waals surface area contributed by atoms with Crippen LogP contribution in [0.25, 0.3) is 0 Å². The van der Waals surface area contributed by atoms with Crippen LogP contribution in [-0.4, -0.2) is 11.4 Å². The van der Waals surface area contributed by atoms with Crippen LogP contribution in [0.3, 0.4) is 0 Å². The molecule has 0 bridgehead atoms. The second kappa shape index (κ2) is 6.07. The number of aromatic hydroxyl groups is 1. The summed E-state index contributed by atoms with van der Waals surface area (Å²) in [6.45, 7) is 8.11. The fourth-order valence-electron chi connectivity index (χ4n) is 1.53. The quantitative estimate of drug-likeness (QED) is 0.676. The maximum absolute atomic E-state index is 10.7. The molecule has 0 aliphatic rings. The van der Waals surface area contributed by atoms with Crippen molar-refractivity contribution in [2.45, 2.75) is 39.5 Å². The Balaban J connectivity index is 0.00000225. The van der Waals surface area contributed by atoms with E-state index in [1.165, 1.54) is 0 Å². The third kappa shape index (κ3) is 3.10. The molecule has 1 N–H and O–H groups in total. The second-order valence-electron chi connectivity index (χ2n) is 4.42. The Labute approximate surface area is 108 Å². The number of phenolic OH excluding ortho intramolecular Hbond substituents is 1. The van der Waals surface area contributed by atoms with E-state index in [-0.39, 0.29) is 34.3 Å². The molecule has 3 heteroatoms. The minimum absolute atomic E-state index is 0. The average molecular weight is 269 g/mol. The molecule has 0 aliphatic carbocycles. The molecule has 92 valence electrons. The van der Waals surface area contributed by atoms with E-state index in [1.54, 1.807) is 12.4 Å². The van der Waals surface area contributed by atoms with E-state index in [0.717, 1.165) is 11.1 Å². The third-order valence-electron chi connectivity index (χ3n) is 2.56. The van der Waals surface area contributed by atoms with Gasteiger partial charge in [-0.3, -0.25) is 0 Å². The van der Waals surface area contributed by atoms with Gasteiger partial charge in [-0.15, -0.1) is 11.1 Å². The molecule has 0 saturated heterocycles. The molecule has 1 aromatic rings. The zero-order valence-electron chi connectivity index (χ0n) is 9.97. The van der Waals surface area contributed by atoms with Gasteiger partial charge in [-0.25, -0.2) is 0 Å². The molecule has 16 heavy (non-hydrogen) atoms. The van der Waals surface area contributed by atoms with Crippen molar-refractivity contribution < 1.29 is 27.0 Å². The summed E-state index contributed by atoms with van der Waals surface area (Å²) in [7, 11) is 0. The zero-order chi connectivity index (χ0) is 11.6. The Kier molecular flexibility index (Phi) is 5.77. The minimum atomic E-state index is 0. The summed E-state index contributed by atoms with van der Waals surface area (Å²) in [6, 6.07) is 3.67. The van der Waals surface area contributed by atoms with Gasteiger partial charge < -0.3 is 9.90 Å². The summed E-state index contributed by atoms with van der Waals surface area (Å²) >= 11 is 0. The molecule has 0 saturated carbocycles. The fourth-order valence-corrected chi connectivity index (χ4v) is 1.53. The van der Waals surface area contributed by atoms with Crippen molar-refractivity contribution in [2.24, 2.45) is 0 Å². The van der Waals surface area contributed by atoms with Gasteiger partial charge in [-0.1, -0.05) is 39.3 Å². The first-order valence-corrected chi connectivity index (χ1v) is 5.22. The molecule has 0 atom stereocenters. The molecule has 1 aromatic carbocycles.